The normalized spacial score (nSPS) is 13.9. The average Bonchev–Trinajstić information content (AvgIpc) is 2.85. The lowest BCUT2D eigenvalue weighted by molar-refractivity contribution is 0.967. The number of nitrogen functional groups attached to an aromatic ring is 2. The summed E-state index contributed by atoms with van der Waals surface area (Å²) in [6.45, 7) is 9.04. The molecule has 1 aliphatic rings. The number of nitrogens with zero attached hydrogens (tertiary/aromatic N) is 2. The van der Waals surface area contributed by atoms with Crippen LogP contribution in [0.25, 0.3) is 0 Å². The summed E-state index contributed by atoms with van der Waals surface area (Å²) in [5.74, 6) is 0. The van der Waals surface area contributed by atoms with Crippen molar-refractivity contribution < 1.29 is 0 Å². The van der Waals surface area contributed by atoms with Gasteiger partial charge in [0, 0.05) is 12.4 Å². The summed E-state index contributed by atoms with van der Waals surface area (Å²) in [5, 5.41) is 0. The summed E-state index contributed by atoms with van der Waals surface area (Å²) in [6, 6.07) is 8.36. The van der Waals surface area contributed by atoms with Gasteiger partial charge < -0.3 is 21.3 Å². The fourth-order valence-electron chi connectivity index (χ4n) is 3.48. The van der Waals surface area contributed by atoms with Gasteiger partial charge in [-0.15, -0.1) is 0 Å². The van der Waals surface area contributed by atoms with Crippen LogP contribution in [0.5, 0.6) is 0 Å². The van der Waals surface area contributed by atoms with Crippen molar-refractivity contribution in [1.82, 2.24) is 0 Å². The maximum absolute atomic E-state index is 6.25. The van der Waals surface area contributed by atoms with E-state index in [2.05, 4.69) is 62.0 Å². The minimum absolute atomic E-state index is 0.711. The number of anilines is 4. The number of nitrogens with two attached hydrogens (primary N) is 2. The van der Waals surface area contributed by atoms with Gasteiger partial charge in [0.05, 0.1) is 29.4 Å². The van der Waals surface area contributed by atoms with Gasteiger partial charge in [-0.3, -0.25) is 0 Å². The molecule has 0 bridgehead atoms. The van der Waals surface area contributed by atoms with Crippen molar-refractivity contribution in [3.05, 3.63) is 58.9 Å². The first-order chi connectivity index (χ1) is 10.9. The average molecular weight is 308 g/mol. The monoisotopic (exact) mass is 308 g/mol. The lowest BCUT2D eigenvalue weighted by Crippen LogP contribution is -2.27. The molecular weight excluding hydrogens is 284 g/mol. The SMILES string of the molecule is Cc1cc(C)c(N2C=CN(c3c(C)cc(C)cc3N)C2)c(N)c1. The molecule has 1 heterocycles. The summed E-state index contributed by atoms with van der Waals surface area (Å²) in [4.78, 5) is 4.34. The van der Waals surface area contributed by atoms with Crippen molar-refractivity contribution in [1.29, 1.82) is 0 Å². The highest BCUT2D eigenvalue weighted by molar-refractivity contribution is 5.78. The van der Waals surface area contributed by atoms with Crippen LogP contribution < -0.4 is 21.3 Å². The van der Waals surface area contributed by atoms with E-state index in [4.69, 9.17) is 11.5 Å². The Kier molecular flexibility index (Phi) is 3.68. The van der Waals surface area contributed by atoms with E-state index in [1.807, 2.05) is 12.1 Å². The number of hydrogen-bond donors (Lipinski definition) is 2. The van der Waals surface area contributed by atoms with Crippen LogP contribution in [0.2, 0.25) is 0 Å². The third kappa shape index (κ3) is 2.72. The van der Waals surface area contributed by atoms with Crippen molar-refractivity contribution in [3.63, 3.8) is 0 Å². The van der Waals surface area contributed by atoms with Crippen molar-refractivity contribution in [2.75, 3.05) is 27.9 Å². The molecule has 0 amide bonds. The second kappa shape index (κ2) is 5.54. The molecule has 0 fully saturated rings. The van der Waals surface area contributed by atoms with Gasteiger partial charge in [0.25, 0.3) is 0 Å². The maximum atomic E-state index is 6.25. The Morgan fingerprint density at radius 3 is 1.43 bits per heavy atom. The molecule has 0 saturated carbocycles. The molecule has 2 aromatic rings. The van der Waals surface area contributed by atoms with Gasteiger partial charge in [-0.1, -0.05) is 12.1 Å². The predicted molar refractivity (Wildman–Crippen MR) is 99.6 cm³/mol. The third-order valence-corrected chi connectivity index (χ3v) is 4.25. The van der Waals surface area contributed by atoms with Crippen molar-refractivity contribution in [2.45, 2.75) is 27.7 Å². The Labute approximate surface area is 138 Å². The van der Waals surface area contributed by atoms with Gasteiger partial charge in [-0.25, -0.2) is 0 Å². The van der Waals surface area contributed by atoms with E-state index in [1.54, 1.807) is 0 Å². The molecule has 0 unspecified atom stereocenters. The van der Waals surface area contributed by atoms with Gasteiger partial charge in [0.2, 0.25) is 0 Å². The lowest BCUT2D eigenvalue weighted by Gasteiger charge is -2.26. The molecule has 23 heavy (non-hydrogen) atoms. The number of aryl methyl sites for hydroxylation is 4. The van der Waals surface area contributed by atoms with Crippen LogP contribution in [0, 0.1) is 27.7 Å². The summed E-state index contributed by atoms with van der Waals surface area (Å²) >= 11 is 0. The predicted octanol–water partition coefficient (Wildman–Crippen LogP) is 3.84. The summed E-state index contributed by atoms with van der Waals surface area (Å²) in [5.41, 5.74) is 21.0. The largest absolute Gasteiger partial charge is 0.397 e. The third-order valence-electron chi connectivity index (χ3n) is 4.25. The van der Waals surface area contributed by atoms with E-state index >= 15 is 0 Å². The van der Waals surface area contributed by atoms with E-state index < -0.39 is 0 Å². The molecule has 1 aliphatic heterocycles. The van der Waals surface area contributed by atoms with Crippen molar-refractivity contribution in [2.24, 2.45) is 0 Å². The Morgan fingerprint density at radius 1 is 0.696 bits per heavy atom. The van der Waals surface area contributed by atoms with E-state index in [-0.39, 0.29) is 0 Å². The smallest absolute Gasteiger partial charge is 0.0991 e. The van der Waals surface area contributed by atoms with Crippen LogP contribution in [0.15, 0.2) is 36.7 Å². The zero-order valence-electron chi connectivity index (χ0n) is 14.2. The van der Waals surface area contributed by atoms with Crippen molar-refractivity contribution >= 4 is 22.7 Å². The van der Waals surface area contributed by atoms with E-state index in [9.17, 15) is 0 Å². The van der Waals surface area contributed by atoms with Gasteiger partial charge >= 0.3 is 0 Å². The Balaban J connectivity index is 1.93. The summed E-state index contributed by atoms with van der Waals surface area (Å²) < 4.78 is 0. The van der Waals surface area contributed by atoms with E-state index in [1.165, 1.54) is 22.3 Å². The van der Waals surface area contributed by atoms with E-state index in [0.29, 0.717) is 6.67 Å². The topological polar surface area (TPSA) is 58.5 Å². The first kappa shape index (κ1) is 15.3. The van der Waals surface area contributed by atoms with Crippen LogP contribution in [0.3, 0.4) is 0 Å². The van der Waals surface area contributed by atoms with Crippen LogP contribution in [0.1, 0.15) is 22.3 Å². The van der Waals surface area contributed by atoms with Crippen LogP contribution in [-0.2, 0) is 0 Å². The Morgan fingerprint density at radius 2 is 1.09 bits per heavy atom. The molecule has 120 valence electrons. The van der Waals surface area contributed by atoms with Gasteiger partial charge in [0.15, 0.2) is 0 Å². The highest BCUT2D eigenvalue weighted by Crippen LogP contribution is 2.35. The van der Waals surface area contributed by atoms with Crippen molar-refractivity contribution in [3.8, 4) is 0 Å². The molecule has 4 heteroatoms. The number of hydrogen-bond acceptors (Lipinski definition) is 4. The molecule has 0 aromatic heterocycles. The standard InChI is InChI=1S/C19H24N4/c1-12-7-14(3)18(16(20)9-12)22-5-6-23(11-22)19-15(4)8-13(2)10-17(19)21/h5-10H,11,20-21H2,1-4H3. The molecule has 3 rings (SSSR count). The molecule has 0 atom stereocenters. The quantitative estimate of drug-likeness (QED) is 0.828. The van der Waals surface area contributed by atoms with E-state index in [0.717, 1.165) is 22.7 Å². The lowest BCUT2D eigenvalue weighted by atomic mass is 10.1. The van der Waals surface area contributed by atoms with Gasteiger partial charge in [-0.2, -0.15) is 0 Å². The van der Waals surface area contributed by atoms with Crippen LogP contribution >= 0.6 is 0 Å². The fourth-order valence-corrected chi connectivity index (χ4v) is 3.48. The minimum atomic E-state index is 0.711. The highest BCUT2D eigenvalue weighted by Gasteiger charge is 2.21. The number of rotatable bonds is 2. The summed E-state index contributed by atoms with van der Waals surface area (Å²) in [7, 11) is 0. The van der Waals surface area contributed by atoms with Crippen LogP contribution in [0.4, 0.5) is 22.7 Å². The Bertz CT molecular complexity index is 680. The molecule has 2 aromatic carbocycles. The zero-order valence-corrected chi connectivity index (χ0v) is 14.2. The molecule has 4 N–H and O–H groups in total. The Hall–Kier alpha value is -2.62. The fraction of sp³-hybridized carbons (Fsp3) is 0.263. The molecule has 0 spiro atoms. The molecular formula is C19H24N4. The maximum Gasteiger partial charge on any atom is 0.0991 e. The second-order valence-corrected chi connectivity index (χ2v) is 6.42. The second-order valence-electron chi connectivity index (χ2n) is 6.42. The highest BCUT2D eigenvalue weighted by atomic mass is 15.3. The van der Waals surface area contributed by atoms with Crippen LogP contribution in [-0.4, -0.2) is 6.67 Å². The molecule has 0 radical (unpaired) electrons. The minimum Gasteiger partial charge on any atom is -0.397 e. The molecule has 4 nitrogen and oxygen atoms in total. The molecule has 0 saturated heterocycles. The summed E-state index contributed by atoms with van der Waals surface area (Å²) in [6.07, 6.45) is 4.12. The zero-order chi connectivity index (χ0) is 16.7. The van der Waals surface area contributed by atoms with Gasteiger partial charge in [-0.05, 0) is 62.1 Å². The van der Waals surface area contributed by atoms with Gasteiger partial charge in [0.1, 0.15) is 0 Å². The number of benzene rings is 2. The first-order valence-corrected chi connectivity index (χ1v) is 7.82. The molecule has 0 aliphatic carbocycles. The first-order valence-electron chi connectivity index (χ1n) is 7.82.